The number of nitrogens with one attached hydrogen (secondary N) is 2. The summed E-state index contributed by atoms with van der Waals surface area (Å²) in [7, 11) is 3.55. The Kier molecular flexibility index (Phi) is 4.77. The zero-order valence-corrected chi connectivity index (χ0v) is 9.88. The summed E-state index contributed by atoms with van der Waals surface area (Å²) in [5.74, 6) is 10.6. The number of hydrogen-bond acceptors (Lipinski definition) is 5. The second kappa shape index (κ2) is 6.33. The van der Waals surface area contributed by atoms with Crippen LogP contribution in [0.5, 0.6) is 0 Å². The summed E-state index contributed by atoms with van der Waals surface area (Å²) in [4.78, 5) is 0. The molecule has 0 amide bonds. The lowest BCUT2D eigenvalue weighted by atomic mass is 10.2. The molecule has 0 aromatic heterocycles. The quantitative estimate of drug-likeness (QED) is 0.249. The molecule has 0 radical (unpaired) electrons. The highest BCUT2D eigenvalue weighted by Crippen LogP contribution is 2.06. The van der Waals surface area contributed by atoms with Crippen molar-refractivity contribution in [1.82, 2.24) is 10.4 Å². The monoisotopic (exact) mass is 235 g/mol. The number of nitrogens with zero attached hydrogens (tertiary/aromatic N) is 3. The van der Waals surface area contributed by atoms with Gasteiger partial charge >= 0.3 is 0 Å². The maximum absolute atomic E-state index is 5.21. The van der Waals surface area contributed by atoms with Gasteiger partial charge in [-0.05, 0) is 17.7 Å². The minimum absolute atomic E-state index is 0.271. The fourth-order valence-corrected chi connectivity index (χ4v) is 1.16. The maximum atomic E-state index is 5.21. The van der Waals surface area contributed by atoms with Crippen LogP contribution in [-0.2, 0) is 0 Å². The molecule has 7 nitrogen and oxygen atoms in total. The van der Waals surface area contributed by atoms with Gasteiger partial charge in [0.15, 0.2) is 0 Å². The number of hydrazone groups is 2. The van der Waals surface area contributed by atoms with E-state index in [0.717, 1.165) is 11.3 Å². The van der Waals surface area contributed by atoms with Crippen molar-refractivity contribution in [2.75, 3.05) is 19.4 Å². The Morgan fingerprint density at radius 1 is 1.35 bits per heavy atom. The van der Waals surface area contributed by atoms with E-state index in [9.17, 15) is 0 Å². The topological polar surface area (TPSA) is 104 Å². The van der Waals surface area contributed by atoms with Gasteiger partial charge < -0.3 is 11.2 Å². The van der Waals surface area contributed by atoms with Gasteiger partial charge in [0.05, 0.1) is 6.21 Å². The Bertz CT molecular complexity index is 396. The van der Waals surface area contributed by atoms with Gasteiger partial charge in [0.25, 0.3) is 0 Å². The highest BCUT2D eigenvalue weighted by molar-refractivity contribution is 5.83. The summed E-state index contributed by atoms with van der Waals surface area (Å²) in [5, 5.41) is 12.0. The van der Waals surface area contributed by atoms with Crippen LogP contribution in [0.1, 0.15) is 5.56 Å². The molecule has 0 aliphatic carbocycles. The normalized spacial score (nSPS) is 11.6. The number of benzene rings is 1. The molecule has 17 heavy (non-hydrogen) atoms. The van der Waals surface area contributed by atoms with E-state index < -0.39 is 0 Å². The molecule has 92 valence electrons. The number of rotatable bonds is 3. The van der Waals surface area contributed by atoms with Crippen molar-refractivity contribution in [3.05, 3.63) is 29.8 Å². The summed E-state index contributed by atoms with van der Waals surface area (Å²) >= 11 is 0. The fraction of sp³-hybridized carbons (Fsp3) is 0.200. The summed E-state index contributed by atoms with van der Waals surface area (Å²) in [6.45, 7) is 0. The number of guanidine groups is 1. The lowest BCUT2D eigenvalue weighted by molar-refractivity contribution is 0.519. The van der Waals surface area contributed by atoms with Crippen molar-refractivity contribution in [3.8, 4) is 0 Å². The van der Waals surface area contributed by atoms with Crippen LogP contribution in [-0.4, -0.2) is 31.3 Å². The molecule has 1 aromatic carbocycles. The summed E-state index contributed by atoms with van der Waals surface area (Å²) in [6.07, 6.45) is 1.68. The predicted molar refractivity (Wildman–Crippen MR) is 70.3 cm³/mol. The molecule has 0 fully saturated rings. The van der Waals surface area contributed by atoms with Gasteiger partial charge in [-0.15, -0.1) is 5.10 Å². The van der Waals surface area contributed by atoms with Gasteiger partial charge in [-0.1, -0.05) is 12.1 Å². The van der Waals surface area contributed by atoms with Crippen LogP contribution < -0.4 is 22.4 Å². The molecule has 1 rings (SSSR count). The highest BCUT2D eigenvalue weighted by atomic mass is 15.6. The van der Waals surface area contributed by atoms with Crippen LogP contribution in [0.3, 0.4) is 0 Å². The predicted octanol–water partition coefficient (Wildman–Crippen LogP) is -0.313. The van der Waals surface area contributed by atoms with Gasteiger partial charge in [0.1, 0.15) is 0 Å². The third kappa shape index (κ3) is 3.65. The first-order chi connectivity index (χ1) is 8.21. The first-order valence-corrected chi connectivity index (χ1v) is 5.01. The molecule has 0 heterocycles. The van der Waals surface area contributed by atoms with Crippen LogP contribution in [0.15, 0.2) is 34.5 Å². The Morgan fingerprint density at radius 2 is 2.00 bits per heavy atom. The van der Waals surface area contributed by atoms with E-state index >= 15 is 0 Å². The standard InChI is InChI=1S/C10H17N7/c1-13-9-5-3-8(4-6-9)7-14-17(2)10(15-11)16-12/h3-7,13H,11-12H2,1-2H3,(H,15,16)/b14-7+. The van der Waals surface area contributed by atoms with E-state index in [2.05, 4.69) is 20.9 Å². The molecule has 0 unspecified atom stereocenters. The fourth-order valence-electron chi connectivity index (χ4n) is 1.16. The van der Waals surface area contributed by atoms with Gasteiger partial charge in [-0.3, -0.25) is 5.43 Å². The van der Waals surface area contributed by atoms with Crippen LogP contribution in [0, 0.1) is 0 Å². The average molecular weight is 235 g/mol. The summed E-state index contributed by atoms with van der Waals surface area (Å²) in [6, 6.07) is 7.80. The number of hydrazine groups is 1. The molecule has 6 N–H and O–H groups in total. The number of hydrogen-bond donors (Lipinski definition) is 4. The maximum Gasteiger partial charge on any atom is 0.250 e. The van der Waals surface area contributed by atoms with Crippen LogP contribution >= 0.6 is 0 Å². The molecule has 0 atom stereocenters. The third-order valence-corrected chi connectivity index (χ3v) is 2.14. The zero-order valence-electron chi connectivity index (χ0n) is 9.88. The molecular formula is C10H17N7. The molecule has 7 heteroatoms. The summed E-state index contributed by atoms with van der Waals surface area (Å²) < 4.78 is 0. The molecule has 0 aliphatic rings. The van der Waals surface area contributed by atoms with Gasteiger partial charge in [-0.25, -0.2) is 10.9 Å². The number of nitrogens with two attached hydrogens (primary N) is 2. The lowest BCUT2D eigenvalue weighted by Gasteiger charge is -2.12. The minimum Gasteiger partial charge on any atom is -0.388 e. The van der Waals surface area contributed by atoms with Gasteiger partial charge in [0.2, 0.25) is 5.96 Å². The lowest BCUT2D eigenvalue weighted by Crippen LogP contribution is -2.41. The Hall–Kier alpha value is -2.28. The van der Waals surface area contributed by atoms with E-state index in [1.54, 1.807) is 13.3 Å². The molecular weight excluding hydrogens is 218 g/mol. The minimum atomic E-state index is 0.271. The molecule has 0 saturated heterocycles. The SMILES string of the molecule is CNc1ccc(/C=N/N(C)/C(=N/N)NN)cc1. The summed E-state index contributed by atoms with van der Waals surface area (Å²) in [5.41, 5.74) is 4.34. The average Bonchev–Trinajstić information content (AvgIpc) is 2.38. The molecule has 0 bridgehead atoms. The third-order valence-electron chi connectivity index (χ3n) is 2.14. The first kappa shape index (κ1) is 12.8. The Morgan fingerprint density at radius 3 is 2.47 bits per heavy atom. The van der Waals surface area contributed by atoms with Gasteiger partial charge in [0, 0.05) is 19.8 Å². The highest BCUT2D eigenvalue weighted by Gasteiger charge is 2.00. The second-order valence-electron chi connectivity index (χ2n) is 3.24. The largest absolute Gasteiger partial charge is 0.388 e. The van der Waals surface area contributed by atoms with E-state index in [1.807, 2.05) is 31.3 Å². The van der Waals surface area contributed by atoms with Crippen LogP contribution in [0.2, 0.25) is 0 Å². The van der Waals surface area contributed by atoms with E-state index in [4.69, 9.17) is 11.7 Å². The Balaban J connectivity index is 2.69. The zero-order chi connectivity index (χ0) is 12.7. The van der Waals surface area contributed by atoms with Crippen molar-refractivity contribution in [1.29, 1.82) is 0 Å². The Labute approximate surface area is 100 Å². The van der Waals surface area contributed by atoms with Crippen molar-refractivity contribution in [2.45, 2.75) is 0 Å². The van der Waals surface area contributed by atoms with Crippen LogP contribution in [0.25, 0.3) is 0 Å². The first-order valence-electron chi connectivity index (χ1n) is 5.01. The van der Waals surface area contributed by atoms with Gasteiger partial charge in [-0.2, -0.15) is 5.10 Å². The van der Waals surface area contributed by atoms with Crippen LogP contribution in [0.4, 0.5) is 5.69 Å². The number of anilines is 1. The molecule has 1 aromatic rings. The molecule has 0 spiro atoms. The van der Waals surface area contributed by atoms with Crippen molar-refractivity contribution in [2.24, 2.45) is 21.9 Å². The van der Waals surface area contributed by atoms with Crippen molar-refractivity contribution in [3.63, 3.8) is 0 Å². The molecule has 0 aliphatic heterocycles. The second-order valence-corrected chi connectivity index (χ2v) is 3.24. The van der Waals surface area contributed by atoms with Crippen molar-refractivity contribution < 1.29 is 0 Å². The molecule has 0 saturated carbocycles. The van der Waals surface area contributed by atoms with E-state index in [-0.39, 0.29) is 5.96 Å². The van der Waals surface area contributed by atoms with E-state index in [1.165, 1.54) is 5.01 Å². The smallest absolute Gasteiger partial charge is 0.250 e. The van der Waals surface area contributed by atoms with E-state index in [0.29, 0.717) is 0 Å². The van der Waals surface area contributed by atoms with Crippen molar-refractivity contribution >= 4 is 17.9 Å².